The average molecular weight is 385 g/mol. The molecular weight excluding hydrogens is 366 g/mol. The summed E-state index contributed by atoms with van der Waals surface area (Å²) in [5.74, 6) is 1.22. The smallest absolute Gasteiger partial charge is 0.342 e. The highest BCUT2D eigenvalue weighted by molar-refractivity contribution is 5.92. The molecule has 0 aliphatic rings. The van der Waals surface area contributed by atoms with Crippen LogP contribution in [-0.4, -0.2) is 11.1 Å². The highest BCUT2D eigenvalue weighted by Crippen LogP contribution is 2.26. The minimum absolute atomic E-state index is 0.00780. The van der Waals surface area contributed by atoms with Crippen molar-refractivity contribution in [1.82, 2.24) is 5.16 Å². The summed E-state index contributed by atoms with van der Waals surface area (Å²) in [6.07, 6.45) is 0. The molecule has 29 heavy (non-hydrogen) atoms. The van der Waals surface area contributed by atoms with Crippen LogP contribution in [0.3, 0.4) is 0 Å². The molecule has 0 spiro atoms. The van der Waals surface area contributed by atoms with Crippen LogP contribution in [0.2, 0.25) is 0 Å². The Labute approximate surface area is 168 Å². The topological polar surface area (TPSA) is 61.6 Å². The van der Waals surface area contributed by atoms with Gasteiger partial charge in [0.2, 0.25) is 0 Å². The van der Waals surface area contributed by atoms with E-state index in [1.165, 1.54) is 5.56 Å². The highest BCUT2D eigenvalue weighted by atomic mass is 16.5. The Balaban J connectivity index is 1.43. The maximum atomic E-state index is 12.6. The molecule has 1 heterocycles. The van der Waals surface area contributed by atoms with Crippen LogP contribution in [0.4, 0.5) is 0 Å². The number of hydrogen-bond acceptors (Lipinski definition) is 5. The lowest BCUT2D eigenvalue weighted by Gasteiger charge is -2.10. The molecule has 5 heteroatoms. The Morgan fingerprint density at radius 2 is 1.66 bits per heavy atom. The number of aromatic nitrogens is 1. The Bertz CT molecular complexity index is 1100. The highest BCUT2D eigenvalue weighted by Gasteiger charge is 2.16. The number of esters is 1. The van der Waals surface area contributed by atoms with Crippen molar-refractivity contribution >= 4 is 5.97 Å². The number of carbonyl (C=O) groups excluding carboxylic acids is 1. The Kier molecular flexibility index (Phi) is 5.38. The van der Waals surface area contributed by atoms with Gasteiger partial charge in [-0.25, -0.2) is 4.79 Å². The van der Waals surface area contributed by atoms with Gasteiger partial charge in [-0.05, 0) is 31.2 Å². The van der Waals surface area contributed by atoms with Crippen LogP contribution in [0.5, 0.6) is 11.5 Å². The van der Waals surface area contributed by atoms with Crippen LogP contribution in [0.25, 0.3) is 11.3 Å². The van der Waals surface area contributed by atoms with Crippen LogP contribution in [-0.2, 0) is 11.3 Å². The minimum atomic E-state index is -0.489. The third kappa shape index (κ3) is 4.52. The molecule has 1 aromatic heterocycles. The van der Waals surface area contributed by atoms with E-state index in [1.54, 1.807) is 30.3 Å². The van der Waals surface area contributed by atoms with Crippen molar-refractivity contribution in [2.24, 2.45) is 0 Å². The fraction of sp³-hybridized carbons (Fsp3) is 0.0833. The molecule has 144 valence electrons. The molecule has 0 atom stereocenters. The third-order valence-electron chi connectivity index (χ3n) is 4.32. The van der Waals surface area contributed by atoms with E-state index in [-0.39, 0.29) is 6.61 Å². The van der Waals surface area contributed by atoms with Gasteiger partial charge in [-0.15, -0.1) is 0 Å². The first-order valence-corrected chi connectivity index (χ1v) is 9.21. The van der Waals surface area contributed by atoms with Gasteiger partial charge in [0.15, 0.2) is 5.76 Å². The summed E-state index contributed by atoms with van der Waals surface area (Å²) in [6.45, 7) is 2.03. The Morgan fingerprint density at radius 3 is 2.45 bits per heavy atom. The summed E-state index contributed by atoms with van der Waals surface area (Å²) in [7, 11) is 0. The molecule has 0 bridgehead atoms. The number of para-hydroxylation sites is 2. The summed E-state index contributed by atoms with van der Waals surface area (Å²) < 4.78 is 16.6. The number of carbonyl (C=O) groups is 1. The molecule has 5 nitrogen and oxygen atoms in total. The van der Waals surface area contributed by atoms with Gasteiger partial charge in [0.05, 0.1) is 0 Å². The monoisotopic (exact) mass is 385 g/mol. The molecule has 4 rings (SSSR count). The first-order chi connectivity index (χ1) is 14.2. The van der Waals surface area contributed by atoms with Crippen molar-refractivity contribution in [3.05, 3.63) is 102 Å². The molecule has 0 aliphatic carbocycles. The molecule has 4 aromatic rings. The molecule has 0 unspecified atom stereocenters. The van der Waals surface area contributed by atoms with Gasteiger partial charge in [-0.2, -0.15) is 0 Å². The second kappa shape index (κ2) is 8.44. The predicted molar refractivity (Wildman–Crippen MR) is 109 cm³/mol. The zero-order chi connectivity index (χ0) is 20.1. The SMILES string of the molecule is Cc1ccc(-c2cc(COC(=O)c3ccccc3Oc3ccccc3)no2)cc1. The number of nitrogens with zero attached hydrogens (tertiary/aromatic N) is 1. The zero-order valence-corrected chi connectivity index (χ0v) is 15.9. The molecule has 0 aliphatic heterocycles. The van der Waals surface area contributed by atoms with Crippen molar-refractivity contribution in [2.75, 3.05) is 0 Å². The van der Waals surface area contributed by atoms with Crippen LogP contribution >= 0.6 is 0 Å². The molecule has 0 amide bonds. The van der Waals surface area contributed by atoms with Crippen molar-refractivity contribution in [3.8, 4) is 22.8 Å². The molecular formula is C24H19NO4. The number of rotatable bonds is 6. The van der Waals surface area contributed by atoms with Crippen molar-refractivity contribution in [3.63, 3.8) is 0 Å². The van der Waals surface area contributed by atoms with Gasteiger partial charge in [0.1, 0.15) is 29.4 Å². The predicted octanol–water partition coefficient (Wildman–Crippen LogP) is 5.80. The fourth-order valence-electron chi connectivity index (χ4n) is 2.79. The van der Waals surface area contributed by atoms with E-state index in [4.69, 9.17) is 14.0 Å². The Morgan fingerprint density at radius 1 is 0.931 bits per heavy atom. The van der Waals surface area contributed by atoms with E-state index in [1.807, 2.05) is 61.5 Å². The first-order valence-electron chi connectivity index (χ1n) is 9.21. The second-order valence-electron chi connectivity index (χ2n) is 6.54. The number of aryl methyl sites for hydroxylation is 1. The summed E-state index contributed by atoms with van der Waals surface area (Å²) in [6, 6.07) is 25.9. The normalized spacial score (nSPS) is 10.5. The molecule has 0 radical (unpaired) electrons. The lowest BCUT2D eigenvalue weighted by Crippen LogP contribution is -2.07. The van der Waals surface area contributed by atoms with E-state index in [0.29, 0.717) is 28.5 Å². The standard InChI is InChI=1S/C24H19NO4/c1-17-11-13-18(14-12-17)23-15-19(25-29-23)16-27-24(26)21-9-5-6-10-22(21)28-20-7-3-2-4-8-20/h2-15H,16H2,1H3. The minimum Gasteiger partial charge on any atom is -0.456 e. The van der Waals surface area contributed by atoms with Gasteiger partial charge >= 0.3 is 5.97 Å². The largest absolute Gasteiger partial charge is 0.456 e. The maximum Gasteiger partial charge on any atom is 0.342 e. The Hall–Kier alpha value is -3.86. The van der Waals surface area contributed by atoms with Crippen LogP contribution in [0.1, 0.15) is 21.6 Å². The number of benzene rings is 3. The average Bonchev–Trinajstić information content (AvgIpc) is 3.23. The molecule has 0 saturated heterocycles. The van der Waals surface area contributed by atoms with Gasteiger partial charge < -0.3 is 14.0 Å². The first kappa shape index (κ1) is 18.5. The quantitative estimate of drug-likeness (QED) is 0.393. The van der Waals surface area contributed by atoms with Gasteiger partial charge in [0, 0.05) is 11.6 Å². The van der Waals surface area contributed by atoms with Gasteiger partial charge in [-0.3, -0.25) is 0 Å². The lowest BCUT2D eigenvalue weighted by molar-refractivity contribution is 0.0461. The van der Waals surface area contributed by atoms with E-state index in [2.05, 4.69) is 5.16 Å². The zero-order valence-electron chi connectivity index (χ0n) is 15.9. The number of hydrogen-bond donors (Lipinski definition) is 0. The summed E-state index contributed by atoms with van der Waals surface area (Å²) >= 11 is 0. The third-order valence-corrected chi connectivity index (χ3v) is 4.32. The van der Waals surface area contributed by atoms with Gasteiger partial charge in [0.25, 0.3) is 0 Å². The van der Waals surface area contributed by atoms with E-state index in [0.717, 1.165) is 5.56 Å². The van der Waals surface area contributed by atoms with Crippen molar-refractivity contribution in [2.45, 2.75) is 13.5 Å². The molecule has 0 fully saturated rings. The summed E-state index contributed by atoms with van der Waals surface area (Å²) in [5.41, 5.74) is 2.97. The molecule has 0 saturated carbocycles. The molecule has 3 aromatic carbocycles. The number of ether oxygens (including phenoxy) is 2. The molecule has 0 N–H and O–H groups in total. The van der Waals surface area contributed by atoms with Crippen molar-refractivity contribution in [1.29, 1.82) is 0 Å². The fourth-order valence-corrected chi connectivity index (χ4v) is 2.79. The van der Waals surface area contributed by atoms with E-state index in [9.17, 15) is 4.79 Å². The van der Waals surface area contributed by atoms with Crippen molar-refractivity contribution < 1.29 is 18.8 Å². The van der Waals surface area contributed by atoms with Crippen LogP contribution < -0.4 is 4.74 Å². The van der Waals surface area contributed by atoms with E-state index < -0.39 is 5.97 Å². The summed E-state index contributed by atoms with van der Waals surface area (Å²) in [5, 5.41) is 3.99. The van der Waals surface area contributed by atoms with Crippen LogP contribution in [0.15, 0.2) is 89.5 Å². The van der Waals surface area contributed by atoms with Gasteiger partial charge in [-0.1, -0.05) is 65.3 Å². The van der Waals surface area contributed by atoms with E-state index >= 15 is 0 Å². The maximum absolute atomic E-state index is 12.6. The van der Waals surface area contributed by atoms with Crippen LogP contribution in [0, 0.1) is 6.92 Å². The summed E-state index contributed by atoms with van der Waals surface area (Å²) in [4.78, 5) is 12.6. The lowest BCUT2D eigenvalue weighted by atomic mass is 10.1. The second-order valence-corrected chi connectivity index (χ2v) is 6.54.